The monoisotopic (exact) mass is 1550 g/mol. The summed E-state index contributed by atoms with van der Waals surface area (Å²) < 4.78 is 65.2. The summed E-state index contributed by atoms with van der Waals surface area (Å²) in [6.45, 7) is 13.2. The van der Waals surface area contributed by atoms with Gasteiger partial charge in [-0.25, -0.2) is 23.7 Å². The van der Waals surface area contributed by atoms with E-state index in [4.69, 9.17) is 43.4 Å². The quantitative estimate of drug-likeness (QED) is 0.0446. The van der Waals surface area contributed by atoms with Crippen LogP contribution < -0.4 is 43.1 Å². The van der Waals surface area contributed by atoms with Gasteiger partial charge < -0.3 is 52.9 Å². The zero-order chi connectivity index (χ0) is 79.2. The standard InChI is InChI=1S/C32H41N7O2.C29H36N6O2.C26H28F2N6O2/c1-36-22-24(20-34-36)32-21-33-30-9-8-25(18-31(30)35-32)39(27-16-28(40-2)19-29(17-27)41-3)14-7-11-37-15-10-26(23-37)38-12-5-4-6-13-38;1-21-8-5-6-11-34(21)12-7-13-35(24-14-25(36-3)17-26(15-24)37-4)23-9-10-27-28(16-23)32-29(19-30-27)22-18-31-33(2)20-22;1-32-15-18(13-30-32)25-14-29-23-6-5-19(11-24(23)31-25)34(8-4-7-33-16-26(27,28)17-33)20-9-21(35-2)12-22(10-20)36-3/h8-9,16-22,26H,4-7,10-15,23H2,1-3H3;9-10,14-21H,5-8,11-13H2,1-4H3;5-6,9-15H,4,7-8,16-17H2,1-3H3. The molecule has 0 aliphatic carbocycles. The van der Waals surface area contributed by atoms with Gasteiger partial charge in [-0.1, -0.05) is 12.8 Å². The van der Waals surface area contributed by atoms with Crippen molar-refractivity contribution >= 4 is 67.2 Å². The fraction of sp³-hybridized carbons (Fsp3) is 0.414. The van der Waals surface area contributed by atoms with Crippen LogP contribution in [0.4, 0.5) is 42.9 Å². The molecule has 2 unspecified atom stereocenters. The Hall–Kier alpha value is -11.1. The second kappa shape index (κ2) is 36.8. The third kappa shape index (κ3) is 19.7. The zero-order valence-corrected chi connectivity index (χ0v) is 67.2. The highest BCUT2D eigenvalue weighted by Crippen LogP contribution is 2.40. The van der Waals surface area contributed by atoms with Gasteiger partial charge in [0.05, 0.1) is 143 Å². The van der Waals surface area contributed by atoms with E-state index in [0.29, 0.717) is 37.1 Å². The Morgan fingerprint density at radius 1 is 0.395 bits per heavy atom. The average Bonchev–Trinajstić information content (AvgIpc) is 1.62. The van der Waals surface area contributed by atoms with Gasteiger partial charge in [0.1, 0.15) is 34.5 Å². The minimum Gasteiger partial charge on any atom is -0.497 e. The number of anilines is 6. The molecule has 4 saturated heterocycles. The summed E-state index contributed by atoms with van der Waals surface area (Å²) in [6, 6.07) is 37.7. The number of hydrogen-bond donors (Lipinski definition) is 0. The fourth-order valence-electron chi connectivity index (χ4n) is 15.8. The predicted molar refractivity (Wildman–Crippen MR) is 445 cm³/mol. The molecule has 6 aromatic carbocycles. The Labute approximate surface area is 666 Å². The molecule has 4 aliphatic rings. The van der Waals surface area contributed by atoms with E-state index in [0.717, 1.165) is 169 Å². The van der Waals surface area contributed by atoms with Crippen LogP contribution in [-0.2, 0) is 21.1 Å². The number of benzene rings is 6. The van der Waals surface area contributed by atoms with Gasteiger partial charge in [-0.15, -0.1) is 0 Å². The van der Waals surface area contributed by atoms with Crippen molar-refractivity contribution in [3.8, 4) is 68.3 Å². The minimum absolute atomic E-state index is 0.178. The molecule has 4 fully saturated rings. The maximum absolute atomic E-state index is 13.3. The van der Waals surface area contributed by atoms with Crippen LogP contribution in [0.2, 0.25) is 0 Å². The molecule has 2 atom stereocenters. The van der Waals surface area contributed by atoms with E-state index in [2.05, 4.69) is 121 Å². The Morgan fingerprint density at radius 3 is 1.11 bits per heavy atom. The van der Waals surface area contributed by atoms with Crippen LogP contribution in [0.5, 0.6) is 34.5 Å². The summed E-state index contributed by atoms with van der Waals surface area (Å²) in [5.74, 6) is 1.84. The first-order chi connectivity index (χ1) is 55.5. The van der Waals surface area contributed by atoms with Crippen LogP contribution in [0, 0.1) is 0 Å². The molecule has 114 heavy (non-hydrogen) atoms. The Kier molecular flexibility index (Phi) is 25.7. The van der Waals surface area contributed by atoms with Crippen LogP contribution >= 0.6 is 0 Å². The van der Waals surface area contributed by atoms with Crippen LogP contribution in [0.3, 0.4) is 0 Å². The van der Waals surface area contributed by atoms with E-state index in [1.807, 2.05) is 119 Å². The highest BCUT2D eigenvalue weighted by molar-refractivity contribution is 5.86. The number of nitrogens with zero attached hydrogens (tertiary/aromatic N) is 19. The van der Waals surface area contributed by atoms with E-state index in [1.165, 1.54) is 77.7 Å². The van der Waals surface area contributed by atoms with Crippen molar-refractivity contribution in [1.82, 2.24) is 78.8 Å². The van der Waals surface area contributed by atoms with Gasteiger partial charge >= 0.3 is 0 Å². The van der Waals surface area contributed by atoms with Gasteiger partial charge in [0.15, 0.2) is 0 Å². The summed E-state index contributed by atoms with van der Waals surface area (Å²) >= 11 is 0. The van der Waals surface area contributed by atoms with E-state index in [9.17, 15) is 8.78 Å². The summed E-state index contributed by atoms with van der Waals surface area (Å²) in [6.07, 6.45) is 28.7. The van der Waals surface area contributed by atoms with Gasteiger partial charge in [-0.2, -0.15) is 15.3 Å². The lowest BCUT2D eigenvalue weighted by Gasteiger charge is -2.39. The Balaban J connectivity index is 0.000000142. The number of methoxy groups -OCH3 is 6. The van der Waals surface area contributed by atoms with Crippen molar-refractivity contribution in [2.24, 2.45) is 21.1 Å². The molecule has 4 aliphatic heterocycles. The molecule has 0 saturated carbocycles. The summed E-state index contributed by atoms with van der Waals surface area (Å²) in [5.41, 5.74) is 16.1. The molecule has 16 rings (SSSR count). The summed E-state index contributed by atoms with van der Waals surface area (Å²) in [5, 5.41) is 12.8. The predicted octanol–water partition coefficient (Wildman–Crippen LogP) is 15.1. The fourth-order valence-corrected chi connectivity index (χ4v) is 15.8. The molecule has 27 heteroatoms. The SMILES string of the molecule is COc1cc(OC)cc(N(CCCN2CC(F)(F)C2)c2ccc3ncc(-c4cnn(C)c4)nc3c2)c1.COc1cc(OC)cc(N(CCCN2CCC(N3CCCCC3)C2)c2ccc3ncc(-c4cnn(C)c4)nc3c2)c1.COc1cc(OC)cc(N(CCCN2CCCCC2C)c2ccc3ncc(-c4cnn(C)c4)nc3c2)c1. The van der Waals surface area contributed by atoms with Crippen molar-refractivity contribution in [1.29, 1.82) is 0 Å². The number of fused-ring (bicyclic) bond motifs is 3. The van der Waals surface area contributed by atoms with Crippen molar-refractivity contribution in [3.05, 3.63) is 165 Å². The Morgan fingerprint density at radius 2 is 0.763 bits per heavy atom. The van der Waals surface area contributed by atoms with E-state index >= 15 is 0 Å². The van der Waals surface area contributed by atoms with Crippen molar-refractivity contribution in [2.45, 2.75) is 89.1 Å². The highest BCUT2D eigenvalue weighted by Gasteiger charge is 2.43. The number of aryl methyl sites for hydroxylation is 3. The molecule has 10 heterocycles. The third-order valence-corrected chi connectivity index (χ3v) is 22.0. The van der Waals surface area contributed by atoms with Gasteiger partial charge in [0.2, 0.25) is 0 Å². The molecule has 0 radical (unpaired) electrons. The van der Waals surface area contributed by atoms with E-state index in [-0.39, 0.29) is 13.1 Å². The summed E-state index contributed by atoms with van der Waals surface area (Å²) in [4.78, 5) is 45.2. The molecule has 0 N–H and O–H groups in total. The number of piperidine rings is 2. The van der Waals surface area contributed by atoms with Crippen LogP contribution in [0.15, 0.2) is 165 Å². The Bertz CT molecular complexity index is 5130. The average molecular weight is 1550 g/mol. The van der Waals surface area contributed by atoms with E-state index < -0.39 is 5.92 Å². The van der Waals surface area contributed by atoms with Crippen LogP contribution in [-0.4, -0.2) is 225 Å². The third-order valence-electron chi connectivity index (χ3n) is 22.0. The second-order valence-corrected chi connectivity index (χ2v) is 30.0. The molecular weight excluding hydrogens is 1450 g/mol. The van der Waals surface area contributed by atoms with Crippen LogP contribution in [0.1, 0.15) is 71.1 Å². The molecule has 0 bridgehead atoms. The number of ether oxygens (including phenoxy) is 6. The first-order valence-electron chi connectivity index (χ1n) is 39.6. The van der Waals surface area contributed by atoms with Gasteiger partial charge in [0.25, 0.3) is 5.92 Å². The number of rotatable bonds is 28. The van der Waals surface area contributed by atoms with E-state index in [1.54, 1.807) is 74.0 Å². The number of alkyl halides is 2. The molecule has 25 nitrogen and oxygen atoms in total. The largest absolute Gasteiger partial charge is 0.497 e. The molecule has 6 aromatic heterocycles. The zero-order valence-electron chi connectivity index (χ0n) is 67.2. The second-order valence-electron chi connectivity index (χ2n) is 30.0. The molecule has 0 amide bonds. The number of halogens is 2. The molecule has 12 aromatic rings. The topological polar surface area (TPSA) is 209 Å². The minimum atomic E-state index is -2.57. The first kappa shape index (κ1) is 79.5. The van der Waals surface area contributed by atoms with Crippen LogP contribution in [0.25, 0.3) is 66.9 Å². The normalized spacial score (nSPS) is 16.5. The van der Waals surface area contributed by atoms with Crippen molar-refractivity contribution in [2.75, 3.05) is 142 Å². The van der Waals surface area contributed by atoms with Crippen molar-refractivity contribution in [3.63, 3.8) is 0 Å². The van der Waals surface area contributed by atoms with Gasteiger partial charge in [0, 0.05) is 196 Å². The maximum atomic E-state index is 13.3. The molecule has 0 spiro atoms. The van der Waals surface area contributed by atoms with Crippen molar-refractivity contribution < 1.29 is 37.2 Å². The maximum Gasteiger partial charge on any atom is 0.272 e. The first-order valence-corrected chi connectivity index (χ1v) is 39.6. The number of hydrogen-bond acceptors (Lipinski definition) is 22. The van der Waals surface area contributed by atoms with Gasteiger partial charge in [-0.3, -0.25) is 38.8 Å². The highest BCUT2D eigenvalue weighted by atomic mass is 19.3. The lowest BCUT2D eigenvalue weighted by atomic mass is 10.0. The number of likely N-dealkylation sites (tertiary alicyclic amines) is 4. The molecule has 598 valence electrons. The lowest BCUT2D eigenvalue weighted by molar-refractivity contribution is -0.130. The number of aromatic nitrogens is 12. The smallest absolute Gasteiger partial charge is 0.272 e. The summed E-state index contributed by atoms with van der Waals surface area (Å²) in [7, 11) is 15.7. The van der Waals surface area contributed by atoms with Gasteiger partial charge in [-0.05, 0) is 146 Å². The molecular formula is C87H105F2N19O6. The lowest BCUT2D eigenvalue weighted by Crippen LogP contribution is -2.56.